The first kappa shape index (κ1) is 22.5. The number of ether oxygens (including phenoxy) is 2. The predicted molar refractivity (Wildman–Crippen MR) is 116 cm³/mol. The Kier molecular flexibility index (Phi) is 6.13. The van der Waals surface area contributed by atoms with E-state index in [4.69, 9.17) is 9.47 Å². The summed E-state index contributed by atoms with van der Waals surface area (Å²) in [5.41, 5.74) is 0.478. The molecule has 1 amide bonds. The van der Waals surface area contributed by atoms with Gasteiger partial charge >= 0.3 is 6.18 Å². The van der Waals surface area contributed by atoms with E-state index in [2.05, 4.69) is 10.3 Å². The van der Waals surface area contributed by atoms with E-state index in [1.54, 1.807) is 14.0 Å². The molecule has 1 aliphatic heterocycles. The highest BCUT2D eigenvalue weighted by Crippen LogP contribution is 2.37. The minimum absolute atomic E-state index is 0.207. The summed E-state index contributed by atoms with van der Waals surface area (Å²) in [4.78, 5) is 17.3. The number of methoxy groups -OCH3 is 1. The highest BCUT2D eigenvalue weighted by atomic mass is 32.1. The summed E-state index contributed by atoms with van der Waals surface area (Å²) < 4.78 is 49.8. The highest BCUT2D eigenvalue weighted by molar-refractivity contribution is 7.20. The largest absolute Gasteiger partial charge is 0.497 e. The number of hydrogen-bond donors (Lipinski definition) is 1. The van der Waals surface area contributed by atoms with Crippen molar-refractivity contribution in [3.63, 3.8) is 0 Å². The third kappa shape index (κ3) is 4.31. The standard InChI is InChI=1S/C23H23F3N2O3S/c1-14-17-7-8-18(23(24,25)26)28-21(17)32-19(14)20(29)27-13-22(9-11-31-12-10-22)15-3-5-16(30-2)6-4-15/h3-8H,9-13H2,1-2H3,(H,27,29). The van der Waals surface area contributed by atoms with Crippen LogP contribution >= 0.6 is 11.3 Å². The molecule has 3 aromatic rings. The summed E-state index contributed by atoms with van der Waals surface area (Å²) in [5, 5.41) is 3.58. The van der Waals surface area contributed by atoms with Gasteiger partial charge in [0.05, 0.1) is 12.0 Å². The van der Waals surface area contributed by atoms with Gasteiger partial charge in [0.1, 0.15) is 16.3 Å². The van der Waals surface area contributed by atoms with Crippen LogP contribution in [0.3, 0.4) is 0 Å². The van der Waals surface area contributed by atoms with Gasteiger partial charge in [0.25, 0.3) is 5.91 Å². The summed E-state index contributed by atoms with van der Waals surface area (Å²) in [6.07, 6.45) is -3.02. The van der Waals surface area contributed by atoms with Gasteiger partial charge in [-0.15, -0.1) is 11.3 Å². The Morgan fingerprint density at radius 2 is 1.88 bits per heavy atom. The molecular weight excluding hydrogens is 441 g/mol. The van der Waals surface area contributed by atoms with Gasteiger partial charge in [0, 0.05) is 30.6 Å². The minimum atomic E-state index is -4.53. The summed E-state index contributed by atoms with van der Waals surface area (Å²) >= 11 is 0.984. The van der Waals surface area contributed by atoms with Crippen molar-refractivity contribution in [2.45, 2.75) is 31.4 Å². The first-order valence-corrected chi connectivity index (χ1v) is 11.0. The summed E-state index contributed by atoms with van der Waals surface area (Å²) in [7, 11) is 1.61. The van der Waals surface area contributed by atoms with Gasteiger partial charge in [-0.1, -0.05) is 12.1 Å². The van der Waals surface area contributed by atoms with Crippen molar-refractivity contribution in [3.05, 3.63) is 58.1 Å². The zero-order valence-electron chi connectivity index (χ0n) is 17.7. The maximum atomic E-state index is 13.0. The van der Waals surface area contributed by atoms with Crippen LogP contribution in [-0.2, 0) is 16.3 Å². The van der Waals surface area contributed by atoms with Crippen molar-refractivity contribution < 1.29 is 27.4 Å². The lowest BCUT2D eigenvalue weighted by molar-refractivity contribution is -0.140. The molecule has 1 N–H and O–H groups in total. The van der Waals surface area contributed by atoms with E-state index in [0.29, 0.717) is 35.6 Å². The molecule has 2 aromatic heterocycles. The SMILES string of the molecule is COc1ccc(C2(CNC(=O)c3sc4nc(C(F)(F)F)ccc4c3C)CCOCC2)cc1. The number of aromatic nitrogens is 1. The van der Waals surface area contributed by atoms with Gasteiger partial charge in [0.15, 0.2) is 0 Å². The van der Waals surface area contributed by atoms with Crippen LogP contribution in [0.25, 0.3) is 10.2 Å². The Hall–Kier alpha value is -2.65. The van der Waals surface area contributed by atoms with Gasteiger partial charge in [-0.05, 0) is 55.2 Å². The average Bonchev–Trinajstić information content (AvgIpc) is 3.13. The van der Waals surface area contributed by atoms with Crippen LogP contribution in [0.1, 0.15) is 39.3 Å². The summed E-state index contributed by atoms with van der Waals surface area (Å²) in [5.74, 6) is 0.449. The second-order valence-corrected chi connectivity index (χ2v) is 8.91. The van der Waals surface area contributed by atoms with Crippen LogP contribution in [-0.4, -0.2) is 37.8 Å². The lowest BCUT2D eigenvalue weighted by Gasteiger charge is -2.38. The highest BCUT2D eigenvalue weighted by Gasteiger charge is 2.36. The van der Waals surface area contributed by atoms with Gasteiger partial charge in [-0.2, -0.15) is 13.2 Å². The lowest BCUT2D eigenvalue weighted by atomic mass is 9.74. The molecule has 170 valence electrons. The molecule has 0 unspecified atom stereocenters. The fourth-order valence-corrected chi connectivity index (χ4v) is 5.17. The Balaban J connectivity index is 1.58. The molecule has 0 radical (unpaired) electrons. The monoisotopic (exact) mass is 464 g/mol. The van der Waals surface area contributed by atoms with E-state index in [9.17, 15) is 18.0 Å². The van der Waals surface area contributed by atoms with E-state index in [1.165, 1.54) is 6.07 Å². The van der Waals surface area contributed by atoms with Gasteiger partial charge in [-0.25, -0.2) is 4.98 Å². The number of fused-ring (bicyclic) bond motifs is 1. The molecular formula is C23H23F3N2O3S. The molecule has 4 rings (SSSR count). The van der Waals surface area contributed by atoms with Crippen LogP contribution in [0.2, 0.25) is 0 Å². The van der Waals surface area contributed by atoms with Gasteiger partial charge in [0.2, 0.25) is 0 Å². The Morgan fingerprint density at radius 1 is 1.19 bits per heavy atom. The number of nitrogens with one attached hydrogen (secondary N) is 1. The molecule has 1 fully saturated rings. The molecule has 3 heterocycles. The quantitative estimate of drug-likeness (QED) is 0.570. The molecule has 0 bridgehead atoms. The van der Waals surface area contributed by atoms with Crippen molar-refractivity contribution in [1.29, 1.82) is 0 Å². The third-order valence-corrected chi connectivity index (χ3v) is 7.24. The number of thiophene rings is 1. The van der Waals surface area contributed by atoms with E-state index in [0.717, 1.165) is 41.6 Å². The molecule has 1 aliphatic rings. The molecule has 1 aromatic carbocycles. The summed E-state index contributed by atoms with van der Waals surface area (Å²) in [6, 6.07) is 10.1. The Labute approximate surface area is 187 Å². The van der Waals surface area contributed by atoms with Crippen LogP contribution in [0.15, 0.2) is 36.4 Å². The zero-order chi connectivity index (χ0) is 22.9. The van der Waals surface area contributed by atoms with Crippen LogP contribution in [0, 0.1) is 6.92 Å². The number of carbonyl (C=O) groups is 1. The fourth-order valence-electron chi connectivity index (χ4n) is 4.08. The molecule has 5 nitrogen and oxygen atoms in total. The average molecular weight is 465 g/mol. The number of aryl methyl sites for hydroxylation is 1. The molecule has 32 heavy (non-hydrogen) atoms. The third-order valence-electron chi connectivity index (χ3n) is 6.04. The van der Waals surface area contributed by atoms with Crippen molar-refractivity contribution in [3.8, 4) is 5.75 Å². The molecule has 0 aliphatic carbocycles. The van der Waals surface area contributed by atoms with Gasteiger partial charge < -0.3 is 14.8 Å². The van der Waals surface area contributed by atoms with E-state index < -0.39 is 11.9 Å². The fraction of sp³-hybridized carbons (Fsp3) is 0.391. The van der Waals surface area contributed by atoms with E-state index in [1.807, 2.05) is 24.3 Å². The first-order valence-electron chi connectivity index (χ1n) is 10.2. The minimum Gasteiger partial charge on any atom is -0.497 e. The molecule has 0 spiro atoms. The number of hydrogen-bond acceptors (Lipinski definition) is 5. The van der Waals surface area contributed by atoms with Crippen LogP contribution in [0.5, 0.6) is 5.75 Å². The number of pyridine rings is 1. The Bertz CT molecular complexity index is 1120. The van der Waals surface area contributed by atoms with Crippen LogP contribution in [0.4, 0.5) is 13.2 Å². The molecule has 0 saturated carbocycles. The van der Waals surface area contributed by atoms with Crippen molar-refractivity contribution in [2.24, 2.45) is 0 Å². The molecule has 9 heteroatoms. The number of amides is 1. The van der Waals surface area contributed by atoms with Crippen molar-refractivity contribution in [1.82, 2.24) is 10.3 Å². The lowest BCUT2D eigenvalue weighted by Crippen LogP contribution is -2.44. The van der Waals surface area contributed by atoms with Gasteiger partial charge in [-0.3, -0.25) is 4.79 Å². The van der Waals surface area contributed by atoms with E-state index >= 15 is 0 Å². The number of halogens is 3. The topological polar surface area (TPSA) is 60.5 Å². The molecule has 1 saturated heterocycles. The number of carbonyl (C=O) groups excluding carboxylic acids is 1. The van der Waals surface area contributed by atoms with Crippen molar-refractivity contribution >= 4 is 27.5 Å². The second-order valence-electron chi connectivity index (χ2n) is 7.91. The number of benzene rings is 1. The number of rotatable bonds is 5. The smallest absolute Gasteiger partial charge is 0.433 e. The number of alkyl halides is 3. The maximum Gasteiger partial charge on any atom is 0.433 e. The molecule has 0 atom stereocenters. The van der Waals surface area contributed by atoms with Crippen molar-refractivity contribution in [2.75, 3.05) is 26.9 Å². The second kappa shape index (κ2) is 8.71. The van der Waals surface area contributed by atoms with E-state index in [-0.39, 0.29) is 16.2 Å². The van der Waals surface area contributed by atoms with Crippen LogP contribution < -0.4 is 10.1 Å². The first-order chi connectivity index (χ1) is 15.2. The Morgan fingerprint density at radius 3 is 2.50 bits per heavy atom. The number of nitrogens with zero attached hydrogens (tertiary/aromatic N) is 1. The maximum absolute atomic E-state index is 13.0. The zero-order valence-corrected chi connectivity index (χ0v) is 18.5. The predicted octanol–water partition coefficient (Wildman–Crippen LogP) is 5.11. The normalized spacial score (nSPS) is 16.2. The summed E-state index contributed by atoms with van der Waals surface area (Å²) in [6.45, 7) is 3.31.